The summed E-state index contributed by atoms with van der Waals surface area (Å²) in [7, 11) is 1.83. The molecule has 0 aliphatic heterocycles. The SMILES string of the molecule is Cc1nn(C)c(C)c1/C=C/C(=O)[C@@H](C#N)C(=O)NC1CCCCC1. The molecule has 1 aromatic heterocycles. The lowest BCUT2D eigenvalue weighted by Gasteiger charge is -2.23. The van der Waals surface area contributed by atoms with E-state index in [2.05, 4.69) is 10.4 Å². The van der Waals surface area contributed by atoms with Crippen molar-refractivity contribution in [3.63, 3.8) is 0 Å². The van der Waals surface area contributed by atoms with Gasteiger partial charge in [-0.3, -0.25) is 14.3 Å². The Bertz CT molecular complexity index is 691. The average Bonchev–Trinajstić information content (AvgIpc) is 2.79. The van der Waals surface area contributed by atoms with Gasteiger partial charge in [-0.2, -0.15) is 10.4 Å². The van der Waals surface area contributed by atoms with E-state index in [-0.39, 0.29) is 6.04 Å². The van der Waals surface area contributed by atoms with E-state index in [0.717, 1.165) is 42.6 Å². The molecule has 1 N–H and O–H groups in total. The lowest BCUT2D eigenvalue weighted by atomic mass is 9.94. The molecule has 6 heteroatoms. The number of nitriles is 1. The number of ketones is 1. The van der Waals surface area contributed by atoms with E-state index in [0.29, 0.717) is 0 Å². The third-order valence-corrected chi connectivity index (χ3v) is 4.61. The third kappa shape index (κ3) is 4.10. The molecule has 24 heavy (non-hydrogen) atoms. The van der Waals surface area contributed by atoms with Crippen molar-refractivity contribution in [2.24, 2.45) is 13.0 Å². The zero-order valence-corrected chi connectivity index (χ0v) is 14.5. The number of carbonyl (C=O) groups excluding carboxylic acids is 2. The molecule has 6 nitrogen and oxygen atoms in total. The maximum Gasteiger partial charge on any atom is 0.245 e. The van der Waals surface area contributed by atoms with E-state index in [4.69, 9.17) is 0 Å². The average molecular weight is 328 g/mol. The van der Waals surface area contributed by atoms with Crippen molar-refractivity contribution < 1.29 is 9.59 Å². The zero-order chi connectivity index (χ0) is 17.7. The molecule has 0 unspecified atom stereocenters. The molecule has 2 rings (SSSR count). The van der Waals surface area contributed by atoms with Gasteiger partial charge < -0.3 is 5.32 Å². The quantitative estimate of drug-likeness (QED) is 0.663. The summed E-state index contributed by atoms with van der Waals surface area (Å²) in [5, 5.41) is 16.3. The first kappa shape index (κ1) is 17.9. The standard InChI is InChI=1S/C18H24N4O2/c1-12-15(13(2)22(3)21-12)9-10-17(23)16(11-19)18(24)20-14-7-5-4-6-8-14/h9-10,14,16H,4-8H2,1-3H3,(H,20,24)/b10-9+/t16-/m1/s1. The number of hydrogen-bond donors (Lipinski definition) is 1. The van der Waals surface area contributed by atoms with Gasteiger partial charge >= 0.3 is 0 Å². The number of rotatable bonds is 5. The second kappa shape index (κ2) is 7.91. The molecule has 0 aromatic carbocycles. The lowest BCUT2D eigenvalue weighted by Crippen LogP contribution is -2.41. The highest BCUT2D eigenvalue weighted by Gasteiger charge is 2.27. The number of aryl methyl sites for hydroxylation is 2. The molecule has 1 aromatic rings. The summed E-state index contributed by atoms with van der Waals surface area (Å²) in [5.41, 5.74) is 2.58. The molecule has 1 saturated carbocycles. The molecule has 1 heterocycles. The molecule has 0 spiro atoms. The maximum absolute atomic E-state index is 12.3. The van der Waals surface area contributed by atoms with Gasteiger partial charge in [-0.15, -0.1) is 0 Å². The molecule has 1 fully saturated rings. The highest BCUT2D eigenvalue weighted by atomic mass is 16.2. The van der Waals surface area contributed by atoms with Crippen LogP contribution in [0, 0.1) is 31.1 Å². The summed E-state index contributed by atoms with van der Waals surface area (Å²) in [4.78, 5) is 24.5. The maximum atomic E-state index is 12.3. The van der Waals surface area contributed by atoms with E-state index in [1.54, 1.807) is 10.8 Å². The van der Waals surface area contributed by atoms with Gasteiger partial charge in [-0.25, -0.2) is 0 Å². The second-order valence-corrected chi connectivity index (χ2v) is 6.35. The Morgan fingerprint density at radius 3 is 2.54 bits per heavy atom. The van der Waals surface area contributed by atoms with Gasteiger partial charge in [-0.05, 0) is 38.8 Å². The minimum Gasteiger partial charge on any atom is -0.352 e. The van der Waals surface area contributed by atoms with Crippen LogP contribution in [0.25, 0.3) is 6.08 Å². The Kier molecular flexibility index (Phi) is 5.91. The van der Waals surface area contributed by atoms with Crippen LogP contribution in [0.1, 0.15) is 49.1 Å². The van der Waals surface area contributed by atoms with E-state index >= 15 is 0 Å². The number of carbonyl (C=O) groups is 2. The summed E-state index contributed by atoms with van der Waals surface area (Å²) < 4.78 is 1.73. The fourth-order valence-corrected chi connectivity index (χ4v) is 3.08. The van der Waals surface area contributed by atoms with Crippen LogP contribution in [-0.2, 0) is 16.6 Å². The van der Waals surface area contributed by atoms with E-state index in [9.17, 15) is 14.9 Å². The molecule has 1 amide bonds. The molecular weight excluding hydrogens is 304 g/mol. The van der Waals surface area contributed by atoms with E-state index in [1.165, 1.54) is 12.5 Å². The summed E-state index contributed by atoms with van der Waals surface area (Å²) in [5.74, 6) is -2.27. The van der Waals surface area contributed by atoms with Crippen LogP contribution >= 0.6 is 0 Å². The molecule has 0 radical (unpaired) electrons. The summed E-state index contributed by atoms with van der Waals surface area (Å²) >= 11 is 0. The van der Waals surface area contributed by atoms with Crippen molar-refractivity contribution in [1.29, 1.82) is 5.26 Å². The number of allylic oxidation sites excluding steroid dienone is 1. The van der Waals surface area contributed by atoms with Crippen molar-refractivity contribution in [3.05, 3.63) is 23.0 Å². The minimum absolute atomic E-state index is 0.0849. The molecular formula is C18H24N4O2. The van der Waals surface area contributed by atoms with Crippen molar-refractivity contribution >= 4 is 17.8 Å². The van der Waals surface area contributed by atoms with Crippen LogP contribution in [0.2, 0.25) is 0 Å². The molecule has 0 saturated heterocycles. The zero-order valence-electron chi connectivity index (χ0n) is 14.5. The normalized spacial score (nSPS) is 16.8. The van der Waals surface area contributed by atoms with Crippen molar-refractivity contribution in [2.45, 2.75) is 52.0 Å². The Labute approximate surface area is 142 Å². The summed E-state index contributed by atoms with van der Waals surface area (Å²) in [6, 6.07) is 1.91. The molecule has 1 atom stereocenters. The van der Waals surface area contributed by atoms with Crippen LogP contribution in [-0.4, -0.2) is 27.5 Å². The molecule has 0 bridgehead atoms. The van der Waals surface area contributed by atoms with Crippen LogP contribution in [0.3, 0.4) is 0 Å². The lowest BCUT2D eigenvalue weighted by molar-refractivity contribution is -0.130. The monoisotopic (exact) mass is 328 g/mol. The molecule has 128 valence electrons. The van der Waals surface area contributed by atoms with E-state index in [1.807, 2.05) is 27.0 Å². The minimum atomic E-state index is -1.29. The number of nitrogens with one attached hydrogen (secondary N) is 1. The number of hydrogen-bond acceptors (Lipinski definition) is 4. The van der Waals surface area contributed by atoms with Crippen LogP contribution in [0.15, 0.2) is 6.08 Å². The van der Waals surface area contributed by atoms with Crippen LogP contribution in [0.4, 0.5) is 0 Å². The molecule has 1 aliphatic rings. The number of amides is 1. The largest absolute Gasteiger partial charge is 0.352 e. The number of aromatic nitrogens is 2. The highest BCUT2D eigenvalue weighted by molar-refractivity contribution is 6.10. The van der Waals surface area contributed by atoms with Gasteiger partial charge in [0.1, 0.15) is 0 Å². The first-order valence-corrected chi connectivity index (χ1v) is 8.36. The fraction of sp³-hybridized carbons (Fsp3) is 0.556. The van der Waals surface area contributed by atoms with Gasteiger partial charge in [0.05, 0.1) is 11.8 Å². The van der Waals surface area contributed by atoms with Gasteiger partial charge in [0, 0.05) is 24.3 Å². The summed E-state index contributed by atoms with van der Waals surface area (Å²) in [6.07, 6.45) is 8.12. The third-order valence-electron chi connectivity index (χ3n) is 4.61. The van der Waals surface area contributed by atoms with Crippen LogP contribution in [0.5, 0.6) is 0 Å². The van der Waals surface area contributed by atoms with Crippen molar-refractivity contribution in [2.75, 3.05) is 0 Å². The highest BCUT2D eigenvalue weighted by Crippen LogP contribution is 2.18. The Hall–Kier alpha value is -2.42. The number of nitrogens with zero attached hydrogens (tertiary/aromatic N) is 3. The molecule has 1 aliphatic carbocycles. The Morgan fingerprint density at radius 2 is 2.00 bits per heavy atom. The fourth-order valence-electron chi connectivity index (χ4n) is 3.08. The van der Waals surface area contributed by atoms with Crippen molar-refractivity contribution in [1.82, 2.24) is 15.1 Å². The van der Waals surface area contributed by atoms with Crippen molar-refractivity contribution in [3.8, 4) is 6.07 Å². The topological polar surface area (TPSA) is 87.8 Å². The Balaban J connectivity index is 2.04. The smallest absolute Gasteiger partial charge is 0.245 e. The second-order valence-electron chi connectivity index (χ2n) is 6.35. The summed E-state index contributed by atoms with van der Waals surface area (Å²) in [6.45, 7) is 3.76. The van der Waals surface area contributed by atoms with Gasteiger partial charge in [0.25, 0.3) is 0 Å². The predicted octanol–water partition coefficient (Wildman–Crippen LogP) is 2.21. The van der Waals surface area contributed by atoms with Gasteiger partial charge in [0.2, 0.25) is 5.91 Å². The first-order chi connectivity index (χ1) is 11.4. The Morgan fingerprint density at radius 1 is 1.33 bits per heavy atom. The predicted molar refractivity (Wildman–Crippen MR) is 90.8 cm³/mol. The van der Waals surface area contributed by atoms with Gasteiger partial charge in [-0.1, -0.05) is 19.3 Å². The van der Waals surface area contributed by atoms with E-state index < -0.39 is 17.6 Å². The van der Waals surface area contributed by atoms with Gasteiger partial charge in [0.15, 0.2) is 11.7 Å². The first-order valence-electron chi connectivity index (χ1n) is 8.36. The van der Waals surface area contributed by atoms with Crippen LogP contribution < -0.4 is 5.32 Å².